The minimum atomic E-state index is -3.85. The van der Waals surface area contributed by atoms with E-state index in [1.165, 1.54) is 29.6 Å². The quantitative estimate of drug-likeness (QED) is 0.609. The highest BCUT2D eigenvalue weighted by Crippen LogP contribution is 2.26. The molecule has 1 saturated heterocycles. The second-order valence-electron chi connectivity index (χ2n) is 4.88. The molecule has 1 aromatic carbocycles. The van der Waals surface area contributed by atoms with Gasteiger partial charge in [0.15, 0.2) is 0 Å². The van der Waals surface area contributed by atoms with E-state index in [2.05, 4.69) is 4.74 Å². The van der Waals surface area contributed by atoms with E-state index in [9.17, 15) is 18.3 Å². The Kier molecular flexibility index (Phi) is 4.50. The Morgan fingerprint density at radius 2 is 2.00 bits per heavy atom. The van der Waals surface area contributed by atoms with Crippen LogP contribution in [0.4, 0.5) is 5.69 Å². The number of hydrogen-bond acceptors (Lipinski definition) is 6. The second kappa shape index (κ2) is 6.00. The summed E-state index contributed by atoms with van der Waals surface area (Å²) in [6.07, 6.45) is 0.252. The van der Waals surface area contributed by atoms with Gasteiger partial charge in [-0.25, -0.2) is 13.2 Å². The van der Waals surface area contributed by atoms with Crippen molar-refractivity contribution in [2.24, 2.45) is 0 Å². The van der Waals surface area contributed by atoms with Crippen molar-refractivity contribution in [3.63, 3.8) is 0 Å². The SMILES string of the molecule is COC(=O)c1ccc(N)cc1S(=O)(=O)N1CCC(O)CC1. The number of piperidine rings is 1. The number of sulfonamides is 1. The van der Waals surface area contributed by atoms with Crippen molar-refractivity contribution in [1.29, 1.82) is 0 Å². The number of rotatable bonds is 3. The number of nitrogens with two attached hydrogens (primary N) is 1. The Hall–Kier alpha value is -1.64. The molecule has 0 spiro atoms. The minimum absolute atomic E-state index is 0.0437. The molecule has 0 radical (unpaired) electrons. The van der Waals surface area contributed by atoms with Crippen molar-refractivity contribution in [3.05, 3.63) is 23.8 Å². The maximum atomic E-state index is 12.7. The van der Waals surface area contributed by atoms with Crippen molar-refractivity contribution in [1.82, 2.24) is 4.31 Å². The normalized spacial score (nSPS) is 17.6. The Balaban J connectivity index is 2.44. The van der Waals surface area contributed by atoms with Crippen LogP contribution < -0.4 is 5.73 Å². The Morgan fingerprint density at radius 1 is 1.38 bits per heavy atom. The monoisotopic (exact) mass is 314 g/mol. The summed E-state index contributed by atoms with van der Waals surface area (Å²) < 4.78 is 31.2. The van der Waals surface area contributed by atoms with Gasteiger partial charge < -0.3 is 15.6 Å². The highest BCUT2D eigenvalue weighted by Gasteiger charge is 2.32. The molecule has 7 nitrogen and oxygen atoms in total. The third-order valence-electron chi connectivity index (χ3n) is 3.45. The van der Waals surface area contributed by atoms with Gasteiger partial charge in [-0.1, -0.05) is 0 Å². The van der Waals surface area contributed by atoms with Gasteiger partial charge >= 0.3 is 5.97 Å². The van der Waals surface area contributed by atoms with Gasteiger partial charge in [-0.2, -0.15) is 4.31 Å². The molecule has 116 valence electrons. The van der Waals surface area contributed by atoms with Crippen LogP contribution in [-0.4, -0.2) is 50.1 Å². The van der Waals surface area contributed by atoms with Crippen LogP contribution in [0, 0.1) is 0 Å². The first-order valence-electron chi connectivity index (χ1n) is 6.52. The van der Waals surface area contributed by atoms with E-state index in [0.717, 1.165) is 0 Å². The minimum Gasteiger partial charge on any atom is -0.465 e. The fourth-order valence-corrected chi connectivity index (χ4v) is 3.94. The number of hydrogen-bond donors (Lipinski definition) is 2. The van der Waals surface area contributed by atoms with Crippen LogP contribution in [0.5, 0.6) is 0 Å². The highest BCUT2D eigenvalue weighted by molar-refractivity contribution is 7.89. The fraction of sp³-hybridized carbons (Fsp3) is 0.462. The number of methoxy groups -OCH3 is 1. The molecular weight excluding hydrogens is 296 g/mol. The number of carbonyl (C=O) groups is 1. The number of ether oxygens (including phenoxy) is 1. The fourth-order valence-electron chi connectivity index (χ4n) is 2.25. The molecule has 1 aliphatic rings. The summed E-state index contributed by atoms with van der Waals surface area (Å²) in [4.78, 5) is 11.6. The number of nitrogens with zero attached hydrogens (tertiary/aromatic N) is 1. The molecular formula is C13H18N2O5S. The maximum Gasteiger partial charge on any atom is 0.339 e. The van der Waals surface area contributed by atoms with E-state index < -0.39 is 22.1 Å². The lowest BCUT2D eigenvalue weighted by atomic mass is 10.1. The van der Waals surface area contributed by atoms with Gasteiger partial charge in [-0.05, 0) is 31.0 Å². The van der Waals surface area contributed by atoms with Gasteiger partial charge in [-0.3, -0.25) is 0 Å². The van der Waals surface area contributed by atoms with Crippen molar-refractivity contribution in [2.45, 2.75) is 23.8 Å². The van der Waals surface area contributed by atoms with Crippen LogP contribution >= 0.6 is 0 Å². The maximum absolute atomic E-state index is 12.7. The molecule has 1 aliphatic heterocycles. The van der Waals surface area contributed by atoms with E-state index in [1.807, 2.05) is 0 Å². The third-order valence-corrected chi connectivity index (χ3v) is 5.39. The summed E-state index contributed by atoms with van der Waals surface area (Å²) in [6.45, 7) is 0.415. The number of aliphatic hydroxyl groups is 1. The molecule has 1 fully saturated rings. The van der Waals surface area contributed by atoms with E-state index >= 15 is 0 Å². The molecule has 2 rings (SSSR count). The first-order chi connectivity index (χ1) is 9.86. The Bertz CT molecular complexity index is 636. The lowest BCUT2D eigenvalue weighted by molar-refractivity contribution is 0.0595. The average Bonchev–Trinajstić information content (AvgIpc) is 2.47. The summed E-state index contributed by atoms with van der Waals surface area (Å²) in [5, 5.41) is 9.47. The van der Waals surface area contributed by atoms with Gasteiger partial charge in [0.05, 0.1) is 23.7 Å². The number of nitrogen functional groups attached to an aromatic ring is 1. The lowest BCUT2D eigenvalue weighted by Gasteiger charge is -2.29. The van der Waals surface area contributed by atoms with E-state index in [0.29, 0.717) is 12.8 Å². The molecule has 0 bridgehead atoms. The number of benzene rings is 1. The van der Waals surface area contributed by atoms with Gasteiger partial charge in [0.1, 0.15) is 0 Å². The number of anilines is 1. The molecule has 0 amide bonds. The van der Waals surface area contributed by atoms with Gasteiger partial charge in [0.2, 0.25) is 10.0 Å². The van der Waals surface area contributed by atoms with Crippen LogP contribution in [0.25, 0.3) is 0 Å². The topological polar surface area (TPSA) is 110 Å². The van der Waals surface area contributed by atoms with E-state index in [4.69, 9.17) is 5.73 Å². The number of carbonyl (C=O) groups excluding carboxylic acids is 1. The molecule has 1 aromatic rings. The first-order valence-corrected chi connectivity index (χ1v) is 7.96. The van der Waals surface area contributed by atoms with Crippen molar-refractivity contribution in [3.8, 4) is 0 Å². The molecule has 0 atom stereocenters. The molecule has 3 N–H and O–H groups in total. The van der Waals surface area contributed by atoms with Crippen LogP contribution in [0.15, 0.2) is 23.1 Å². The molecule has 0 aliphatic carbocycles. The Labute approximate surface area is 123 Å². The third kappa shape index (κ3) is 3.17. The highest BCUT2D eigenvalue weighted by atomic mass is 32.2. The summed E-state index contributed by atoms with van der Waals surface area (Å²) >= 11 is 0. The predicted octanol–water partition coefficient (Wildman–Crippen LogP) is 0.201. The van der Waals surface area contributed by atoms with E-state index in [1.54, 1.807) is 0 Å². The average molecular weight is 314 g/mol. The smallest absolute Gasteiger partial charge is 0.339 e. The van der Waals surface area contributed by atoms with Crippen molar-refractivity contribution in [2.75, 3.05) is 25.9 Å². The first kappa shape index (κ1) is 15.7. The second-order valence-corrected chi connectivity index (χ2v) is 6.79. The van der Waals surface area contributed by atoms with Gasteiger partial charge in [0.25, 0.3) is 0 Å². The predicted molar refractivity (Wildman–Crippen MR) is 76.2 cm³/mol. The summed E-state index contributed by atoms with van der Waals surface area (Å²) in [5.74, 6) is -0.731. The van der Waals surface area contributed by atoms with Crippen LogP contribution in [0.2, 0.25) is 0 Å². The number of aliphatic hydroxyl groups excluding tert-OH is 1. The molecule has 8 heteroatoms. The van der Waals surface area contributed by atoms with E-state index in [-0.39, 0.29) is 29.2 Å². The summed E-state index contributed by atoms with van der Waals surface area (Å²) in [5.41, 5.74) is 5.85. The molecule has 0 saturated carbocycles. The largest absolute Gasteiger partial charge is 0.465 e. The molecule has 1 heterocycles. The lowest BCUT2D eigenvalue weighted by Crippen LogP contribution is -2.40. The summed E-state index contributed by atoms with van der Waals surface area (Å²) in [6, 6.07) is 4.05. The Morgan fingerprint density at radius 3 is 2.57 bits per heavy atom. The zero-order chi connectivity index (χ0) is 15.6. The summed E-state index contributed by atoms with van der Waals surface area (Å²) in [7, 11) is -2.67. The standard InChI is InChI=1S/C13H18N2O5S/c1-20-13(17)11-3-2-9(14)8-12(11)21(18,19)15-6-4-10(16)5-7-15/h2-3,8,10,16H,4-7,14H2,1H3. The molecule has 0 unspecified atom stereocenters. The molecule has 0 aromatic heterocycles. The van der Waals surface area contributed by atoms with Crippen LogP contribution in [-0.2, 0) is 14.8 Å². The molecule has 21 heavy (non-hydrogen) atoms. The number of esters is 1. The van der Waals surface area contributed by atoms with Crippen molar-refractivity contribution < 1.29 is 23.1 Å². The van der Waals surface area contributed by atoms with Crippen LogP contribution in [0.1, 0.15) is 23.2 Å². The van der Waals surface area contributed by atoms with Gasteiger partial charge in [-0.15, -0.1) is 0 Å². The van der Waals surface area contributed by atoms with Gasteiger partial charge in [0, 0.05) is 18.8 Å². The zero-order valence-electron chi connectivity index (χ0n) is 11.7. The van der Waals surface area contributed by atoms with Crippen LogP contribution in [0.3, 0.4) is 0 Å². The zero-order valence-corrected chi connectivity index (χ0v) is 12.5. The van der Waals surface area contributed by atoms with Crippen molar-refractivity contribution >= 4 is 21.7 Å².